The van der Waals surface area contributed by atoms with E-state index in [1.54, 1.807) is 6.20 Å². The molecule has 1 N–H and O–H groups in total. The van der Waals surface area contributed by atoms with E-state index < -0.39 is 11.0 Å². The van der Waals surface area contributed by atoms with Crippen LogP contribution in [0.15, 0.2) is 66.9 Å². The van der Waals surface area contributed by atoms with Crippen molar-refractivity contribution >= 4 is 11.6 Å². The molecule has 2 aliphatic heterocycles. The van der Waals surface area contributed by atoms with Crippen LogP contribution in [-0.2, 0) is 29.7 Å². The summed E-state index contributed by atoms with van der Waals surface area (Å²) in [4.78, 5) is 26.3. The number of likely N-dealkylation sites (tertiary alicyclic amines) is 2. The van der Waals surface area contributed by atoms with Crippen molar-refractivity contribution < 1.29 is 14.6 Å². The highest BCUT2D eigenvalue weighted by atomic mass is 16.5. The van der Waals surface area contributed by atoms with Gasteiger partial charge in [0.2, 0.25) is 11.6 Å². The summed E-state index contributed by atoms with van der Waals surface area (Å²) in [5, 5.41) is 13.0. The molecule has 7 nitrogen and oxygen atoms in total. The van der Waals surface area contributed by atoms with Crippen molar-refractivity contribution in [3.8, 4) is 5.75 Å². The van der Waals surface area contributed by atoms with Gasteiger partial charge in [0.05, 0.1) is 18.6 Å². The van der Waals surface area contributed by atoms with Crippen LogP contribution in [0.4, 0.5) is 5.69 Å². The molecule has 1 aromatic heterocycles. The van der Waals surface area contributed by atoms with E-state index in [2.05, 4.69) is 20.8 Å². The Labute approximate surface area is 248 Å². The summed E-state index contributed by atoms with van der Waals surface area (Å²) >= 11 is 0. The fraction of sp³-hybridized carbons (Fsp3) is 0.457. The van der Waals surface area contributed by atoms with Crippen molar-refractivity contribution in [3.63, 3.8) is 0 Å². The van der Waals surface area contributed by atoms with Crippen LogP contribution < -0.4 is 4.74 Å². The van der Waals surface area contributed by atoms with Crippen LogP contribution in [0.1, 0.15) is 54.5 Å². The first-order valence-corrected chi connectivity index (χ1v) is 15.4. The number of ether oxygens (including phenoxy) is 1. The van der Waals surface area contributed by atoms with Crippen LogP contribution in [0.25, 0.3) is 4.85 Å². The van der Waals surface area contributed by atoms with Gasteiger partial charge in [-0.25, -0.2) is 4.85 Å². The van der Waals surface area contributed by atoms with E-state index in [9.17, 15) is 9.90 Å². The largest absolute Gasteiger partial charge is 0.500 e. The number of aliphatic hydroxyl groups is 1. The molecule has 7 heteroatoms. The van der Waals surface area contributed by atoms with Crippen LogP contribution in [-0.4, -0.2) is 63.6 Å². The summed E-state index contributed by atoms with van der Waals surface area (Å²) in [5.41, 5.74) is 2.85. The van der Waals surface area contributed by atoms with Gasteiger partial charge in [-0.15, -0.1) is 0 Å². The highest BCUT2D eigenvalue weighted by Gasteiger charge is 2.64. The third kappa shape index (κ3) is 4.67. The number of nitrogens with zero attached hydrogens (tertiary/aromatic N) is 4. The van der Waals surface area contributed by atoms with E-state index in [0.717, 1.165) is 48.7 Å². The van der Waals surface area contributed by atoms with Gasteiger partial charge in [0.15, 0.2) is 0 Å². The van der Waals surface area contributed by atoms with Gasteiger partial charge in [0, 0.05) is 43.0 Å². The maximum atomic E-state index is 13.5. The minimum absolute atomic E-state index is 0.0223. The van der Waals surface area contributed by atoms with Gasteiger partial charge in [-0.2, -0.15) is 0 Å². The zero-order valence-corrected chi connectivity index (χ0v) is 24.0. The SMILES string of the molecule is [C-]#[N+]c1ccc2c(c1OCc1ccccc1)[C@@]13CCN(C(=O)Cc4ccccn4)CC[C@@]1(O)[C@@H](C2)N(CC1CC1)CC3. The van der Waals surface area contributed by atoms with Crippen molar-refractivity contribution in [3.05, 3.63) is 101 Å². The molecule has 1 saturated carbocycles. The fourth-order valence-electron chi connectivity index (χ4n) is 7.93. The predicted molar refractivity (Wildman–Crippen MR) is 160 cm³/mol. The lowest BCUT2D eigenvalue weighted by Crippen LogP contribution is -2.71. The lowest BCUT2D eigenvalue weighted by molar-refractivity contribution is -0.150. The van der Waals surface area contributed by atoms with E-state index in [0.29, 0.717) is 44.0 Å². The number of hydrogen-bond acceptors (Lipinski definition) is 5. The minimum Gasteiger partial charge on any atom is -0.500 e. The topological polar surface area (TPSA) is 70.3 Å². The smallest absolute Gasteiger partial charge is 0.228 e. The summed E-state index contributed by atoms with van der Waals surface area (Å²) < 4.78 is 6.56. The quantitative estimate of drug-likeness (QED) is 0.407. The molecule has 3 atom stereocenters. The Morgan fingerprint density at radius 1 is 1.02 bits per heavy atom. The van der Waals surface area contributed by atoms with Gasteiger partial charge < -0.3 is 14.7 Å². The molecule has 42 heavy (non-hydrogen) atoms. The molecule has 216 valence electrons. The van der Waals surface area contributed by atoms with Gasteiger partial charge in [-0.05, 0) is 79.8 Å². The summed E-state index contributed by atoms with van der Waals surface area (Å²) in [6.07, 6.45) is 7.17. The lowest BCUT2D eigenvalue weighted by Gasteiger charge is -2.61. The Morgan fingerprint density at radius 2 is 1.81 bits per heavy atom. The van der Waals surface area contributed by atoms with Crippen molar-refractivity contribution in [2.45, 2.75) is 68.6 Å². The van der Waals surface area contributed by atoms with Gasteiger partial charge >= 0.3 is 0 Å². The molecule has 0 unspecified atom stereocenters. The van der Waals surface area contributed by atoms with Crippen LogP contribution in [0, 0.1) is 12.5 Å². The average Bonchev–Trinajstić information content (AvgIpc) is 3.85. The normalized spacial score (nSPS) is 26.9. The predicted octanol–water partition coefficient (Wildman–Crippen LogP) is 5.09. The van der Waals surface area contributed by atoms with E-state index in [-0.39, 0.29) is 18.4 Å². The number of carbonyl (C=O) groups excluding carboxylic acids is 1. The van der Waals surface area contributed by atoms with Gasteiger partial charge in [0.25, 0.3) is 0 Å². The van der Waals surface area contributed by atoms with E-state index in [4.69, 9.17) is 11.3 Å². The van der Waals surface area contributed by atoms with Crippen molar-refractivity contribution in [2.24, 2.45) is 5.92 Å². The second-order valence-electron chi connectivity index (χ2n) is 12.6. The van der Waals surface area contributed by atoms with Gasteiger partial charge in [-0.1, -0.05) is 48.5 Å². The lowest BCUT2D eigenvalue weighted by atomic mass is 9.52. The Balaban J connectivity index is 1.28. The first-order valence-electron chi connectivity index (χ1n) is 15.4. The molecule has 2 bridgehead atoms. The molecule has 0 spiro atoms. The van der Waals surface area contributed by atoms with Crippen LogP contribution in [0.2, 0.25) is 0 Å². The number of fused-ring (bicyclic) bond motifs is 1. The van der Waals surface area contributed by atoms with Crippen molar-refractivity contribution in [1.29, 1.82) is 0 Å². The number of carbonyl (C=O) groups is 1. The highest BCUT2D eigenvalue weighted by molar-refractivity contribution is 5.78. The van der Waals surface area contributed by atoms with Crippen molar-refractivity contribution in [1.82, 2.24) is 14.8 Å². The molecule has 1 amide bonds. The third-order valence-corrected chi connectivity index (χ3v) is 10.3. The molecule has 3 aromatic rings. The monoisotopic (exact) mass is 562 g/mol. The van der Waals surface area contributed by atoms with E-state index >= 15 is 0 Å². The van der Waals surface area contributed by atoms with Crippen molar-refractivity contribution in [2.75, 3.05) is 26.2 Å². The second-order valence-corrected chi connectivity index (χ2v) is 12.6. The summed E-state index contributed by atoms with van der Waals surface area (Å²) in [6.45, 7) is 11.4. The Hall–Kier alpha value is -3.73. The number of amides is 1. The molecule has 3 heterocycles. The molecule has 7 rings (SSSR count). The second kappa shape index (κ2) is 10.8. The molecule has 2 aliphatic carbocycles. The third-order valence-electron chi connectivity index (χ3n) is 10.3. The molecule has 4 aliphatic rings. The van der Waals surface area contributed by atoms with Crippen LogP contribution in [0.5, 0.6) is 5.75 Å². The van der Waals surface area contributed by atoms with E-state index in [1.165, 1.54) is 18.4 Å². The van der Waals surface area contributed by atoms with Crippen LogP contribution >= 0.6 is 0 Å². The maximum absolute atomic E-state index is 13.5. The maximum Gasteiger partial charge on any atom is 0.228 e. The Kier molecular flexibility index (Phi) is 7.00. The summed E-state index contributed by atoms with van der Waals surface area (Å²) in [6, 6.07) is 19.7. The number of pyridine rings is 1. The average molecular weight is 563 g/mol. The number of hydrogen-bond donors (Lipinski definition) is 1. The Morgan fingerprint density at radius 3 is 2.57 bits per heavy atom. The molecule has 2 aromatic carbocycles. The fourth-order valence-corrected chi connectivity index (χ4v) is 7.93. The summed E-state index contributed by atoms with van der Waals surface area (Å²) in [5.74, 6) is 1.39. The zero-order valence-electron chi connectivity index (χ0n) is 24.0. The number of rotatable bonds is 7. The molecular weight excluding hydrogens is 524 g/mol. The van der Waals surface area contributed by atoms with Gasteiger partial charge in [-0.3, -0.25) is 14.7 Å². The standard InChI is InChI=1S/C35H38N4O3/c1-36-29-13-12-27-21-30-35(41)16-20-38(31(40)22-28-9-5-6-17-37-28)18-14-34(35,15-19-39(30)23-25-10-11-25)32(27)33(29)42-24-26-7-3-2-4-8-26/h2-9,12-13,17,25,30,41H,10-11,14-16,18-24H2/t30-,34+,35-/m1/s1. The molecular formula is C35H38N4O3. The molecule has 0 radical (unpaired) electrons. The van der Waals surface area contributed by atoms with E-state index in [1.807, 2.05) is 59.5 Å². The van der Waals surface area contributed by atoms with Crippen LogP contribution in [0.3, 0.4) is 0 Å². The highest BCUT2D eigenvalue weighted by Crippen LogP contribution is 2.60. The summed E-state index contributed by atoms with van der Waals surface area (Å²) in [7, 11) is 0. The number of piperidine rings is 1. The van der Waals surface area contributed by atoms with Gasteiger partial charge in [0.1, 0.15) is 12.4 Å². The molecule has 2 saturated heterocycles. The first-order chi connectivity index (χ1) is 20.5. The number of aromatic nitrogens is 1. The zero-order chi connectivity index (χ0) is 28.7. The minimum atomic E-state index is -1.03. The number of benzene rings is 2. The Bertz CT molecular complexity index is 1500. The first kappa shape index (κ1) is 27.1. The molecule has 3 fully saturated rings.